The minimum absolute atomic E-state index is 0.173. The molecule has 0 spiro atoms. The van der Waals surface area contributed by atoms with Gasteiger partial charge in [-0.1, -0.05) is 31.2 Å². The molecular formula is C16H25NS. The third-order valence-corrected chi connectivity index (χ3v) is 3.85. The van der Waals surface area contributed by atoms with Crippen LogP contribution in [0, 0.1) is 0 Å². The van der Waals surface area contributed by atoms with Crippen molar-refractivity contribution in [3.63, 3.8) is 0 Å². The highest BCUT2D eigenvalue weighted by Gasteiger charge is 2.08. The van der Waals surface area contributed by atoms with Gasteiger partial charge in [0.2, 0.25) is 0 Å². The Balaban J connectivity index is 2.45. The van der Waals surface area contributed by atoms with E-state index < -0.39 is 0 Å². The summed E-state index contributed by atoms with van der Waals surface area (Å²) >= 11 is 1.87. The zero-order chi connectivity index (χ0) is 13.6. The molecule has 0 radical (unpaired) electrons. The molecule has 0 amide bonds. The first-order chi connectivity index (χ1) is 8.40. The van der Waals surface area contributed by atoms with E-state index in [1.165, 1.54) is 16.0 Å². The lowest BCUT2D eigenvalue weighted by atomic mass is 10.1. The molecule has 0 atom stereocenters. The Morgan fingerprint density at radius 2 is 1.83 bits per heavy atom. The van der Waals surface area contributed by atoms with Crippen LogP contribution in [0.3, 0.4) is 0 Å². The van der Waals surface area contributed by atoms with Crippen molar-refractivity contribution < 1.29 is 0 Å². The van der Waals surface area contributed by atoms with Crippen molar-refractivity contribution in [2.24, 2.45) is 0 Å². The fraction of sp³-hybridized carbons (Fsp3) is 0.500. The summed E-state index contributed by atoms with van der Waals surface area (Å²) in [7, 11) is 0. The van der Waals surface area contributed by atoms with Crippen molar-refractivity contribution in [3.05, 3.63) is 42.0 Å². The molecular weight excluding hydrogens is 238 g/mol. The average Bonchev–Trinajstić information content (AvgIpc) is 2.33. The standard InChI is InChI=1S/C16H25NS/c1-6-13(2)12-18-15-9-7-14(8-10-15)11-17-16(3,4)5/h7-10,17H,2,6,11-12H2,1,3-5H3. The average molecular weight is 263 g/mol. The van der Waals surface area contributed by atoms with E-state index in [1.807, 2.05) is 11.8 Å². The maximum Gasteiger partial charge on any atom is 0.0210 e. The Morgan fingerprint density at radius 3 is 2.33 bits per heavy atom. The van der Waals surface area contributed by atoms with E-state index in [-0.39, 0.29) is 5.54 Å². The molecule has 0 fully saturated rings. The number of rotatable bonds is 6. The molecule has 0 aliphatic carbocycles. The van der Waals surface area contributed by atoms with Gasteiger partial charge in [0.1, 0.15) is 0 Å². The van der Waals surface area contributed by atoms with Crippen molar-refractivity contribution in [1.82, 2.24) is 5.32 Å². The SMILES string of the molecule is C=C(CC)CSc1ccc(CNC(C)(C)C)cc1. The van der Waals surface area contributed by atoms with Gasteiger partial charge in [-0.15, -0.1) is 11.8 Å². The Hall–Kier alpha value is -0.730. The summed E-state index contributed by atoms with van der Waals surface area (Å²) < 4.78 is 0. The van der Waals surface area contributed by atoms with E-state index in [4.69, 9.17) is 0 Å². The molecule has 0 unspecified atom stereocenters. The van der Waals surface area contributed by atoms with E-state index in [9.17, 15) is 0 Å². The molecule has 1 aromatic carbocycles. The first kappa shape index (κ1) is 15.3. The molecule has 0 aliphatic heterocycles. The molecule has 18 heavy (non-hydrogen) atoms. The van der Waals surface area contributed by atoms with Crippen molar-refractivity contribution in [2.75, 3.05) is 5.75 Å². The highest BCUT2D eigenvalue weighted by molar-refractivity contribution is 7.99. The second kappa shape index (κ2) is 7.01. The first-order valence-corrected chi connectivity index (χ1v) is 7.52. The lowest BCUT2D eigenvalue weighted by Gasteiger charge is -2.20. The van der Waals surface area contributed by atoms with Gasteiger partial charge in [-0.2, -0.15) is 0 Å². The summed E-state index contributed by atoms with van der Waals surface area (Å²) in [5.41, 5.74) is 2.81. The van der Waals surface area contributed by atoms with E-state index >= 15 is 0 Å². The first-order valence-electron chi connectivity index (χ1n) is 6.54. The van der Waals surface area contributed by atoms with Crippen LogP contribution in [0.15, 0.2) is 41.3 Å². The number of hydrogen-bond acceptors (Lipinski definition) is 2. The van der Waals surface area contributed by atoms with Gasteiger partial charge in [0.05, 0.1) is 0 Å². The van der Waals surface area contributed by atoms with Crippen LogP contribution in [0.1, 0.15) is 39.7 Å². The largest absolute Gasteiger partial charge is 0.308 e. The van der Waals surface area contributed by atoms with E-state index in [0.29, 0.717) is 0 Å². The summed E-state index contributed by atoms with van der Waals surface area (Å²) in [5.74, 6) is 1.02. The zero-order valence-corrected chi connectivity index (χ0v) is 12.9. The fourth-order valence-corrected chi connectivity index (χ4v) is 2.26. The molecule has 0 heterocycles. The summed E-state index contributed by atoms with van der Waals surface area (Å²) in [6, 6.07) is 8.81. The fourth-order valence-electron chi connectivity index (χ4n) is 1.36. The number of benzene rings is 1. The summed E-state index contributed by atoms with van der Waals surface area (Å²) in [4.78, 5) is 1.32. The third kappa shape index (κ3) is 6.27. The van der Waals surface area contributed by atoms with E-state index in [1.54, 1.807) is 0 Å². The highest BCUT2D eigenvalue weighted by atomic mass is 32.2. The minimum atomic E-state index is 0.173. The predicted molar refractivity (Wildman–Crippen MR) is 83.2 cm³/mol. The highest BCUT2D eigenvalue weighted by Crippen LogP contribution is 2.21. The van der Waals surface area contributed by atoms with Gasteiger partial charge in [-0.3, -0.25) is 0 Å². The zero-order valence-electron chi connectivity index (χ0n) is 12.0. The van der Waals surface area contributed by atoms with Crippen LogP contribution < -0.4 is 5.32 Å². The maximum atomic E-state index is 4.03. The second-order valence-electron chi connectivity index (χ2n) is 5.64. The molecule has 1 aromatic rings. The van der Waals surface area contributed by atoms with E-state index in [0.717, 1.165) is 18.7 Å². The second-order valence-corrected chi connectivity index (χ2v) is 6.69. The lowest BCUT2D eigenvalue weighted by Crippen LogP contribution is -2.35. The Labute approximate surface area is 116 Å². The predicted octanol–water partition coefficient (Wildman–Crippen LogP) is 4.63. The van der Waals surface area contributed by atoms with Crippen LogP contribution in [-0.4, -0.2) is 11.3 Å². The van der Waals surface area contributed by atoms with Gasteiger partial charge in [-0.05, 0) is 44.9 Å². The van der Waals surface area contributed by atoms with Crippen molar-refractivity contribution in [3.8, 4) is 0 Å². The normalized spacial score (nSPS) is 11.6. The van der Waals surface area contributed by atoms with Crippen LogP contribution in [0.2, 0.25) is 0 Å². The molecule has 0 saturated heterocycles. The van der Waals surface area contributed by atoms with Crippen LogP contribution in [0.25, 0.3) is 0 Å². The van der Waals surface area contributed by atoms with Crippen LogP contribution in [0.4, 0.5) is 0 Å². The molecule has 0 aliphatic rings. The molecule has 100 valence electrons. The molecule has 2 heteroatoms. The van der Waals surface area contributed by atoms with Crippen LogP contribution in [0.5, 0.6) is 0 Å². The summed E-state index contributed by atoms with van der Waals surface area (Å²) in [6.45, 7) is 13.7. The number of nitrogens with one attached hydrogen (secondary N) is 1. The quantitative estimate of drug-likeness (QED) is 0.593. The van der Waals surface area contributed by atoms with Gasteiger partial charge < -0.3 is 5.32 Å². The summed E-state index contributed by atoms with van der Waals surface area (Å²) in [5, 5.41) is 3.50. The van der Waals surface area contributed by atoms with Crippen LogP contribution in [-0.2, 0) is 6.54 Å². The Bertz CT molecular complexity index is 373. The number of hydrogen-bond donors (Lipinski definition) is 1. The van der Waals surface area contributed by atoms with Gasteiger partial charge >= 0.3 is 0 Å². The molecule has 0 bridgehead atoms. The molecule has 1 nitrogen and oxygen atoms in total. The molecule has 1 rings (SSSR count). The molecule has 0 saturated carbocycles. The Kier molecular flexibility index (Phi) is 5.97. The van der Waals surface area contributed by atoms with E-state index in [2.05, 4.69) is 63.9 Å². The topological polar surface area (TPSA) is 12.0 Å². The molecule has 0 aromatic heterocycles. The maximum absolute atomic E-state index is 4.03. The molecule has 1 N–H and O–H groups in total. The number of thioether (sulfide) groups is 1. The van der Waals surface area contributed by atoms with Crippen molar-refractivity contribution in [2.45, 2.75) is 51.1 Å². The minimum Gasteiger partial charge on any atom is -0.308 e. The lowest BCUT2D eigenvalue weighted by molar-refractivity contribution is 0.424. The van der Waals surface area contributed by atoms with Gasteiger partial charge in [0.15, 0.2) is 0 Å². The smallest absolute Gasteiger partial charge is 0.0210 e. The summed E-state index contributed by atoms with van der Waals surface area (Å²) in [6.07, 6.45) is 1.07. The van der Waals surface area contributed by atoms with Crippen molar-refractivity contribution in [1.29, 1.82) is 0 Å². The van der Waals surface area contributed by atoms with Crippen molar-refractivity contribution >= 4 is 11.8 Å². The Morgan fingerprint density at radius 1 is 1.22 bits per heavy atom. The monoisotopic (exact) mass is 263 g/mol. The third-order valence-electron chi connectivity index (χ3n) is 2.69. The van der Waals surface area contributed by atoms with Gasteiger partial charge in [0, 0.05) is 22.7 Å². The van der Waals surface area contributed by atoms with Gasteiger partial charge in [-0.25, -0.2) is 0 Å². The van der Waals surface area contributed by atoms with Gasteiger partial charge in [0.25, 0.3) is 0 Å². The van der Waals surface area contributed by atoms with Crippen LogP contribution >= 0.6 is 11.8 Å².